The van der Waals surface area contributed by atoms with E-state index in [1.165, 1.54) is 6.07 Å². The molecule has 0 aromatic heterocycles. The highest BCUT2D eigenvalue weighted by Gasteiger charge is 2.30. The molecule has 0 saturated carbocycles. The van der Waals surface area contributed by atoms with Gasteiger partial charge >= 0.3 is 0 Å². The maximum absolute atomic E-state index is 9.59. The van der Waals surface area contributed by atoms with Gasteiger partial charge in [-0.2, -0.15) is 5.26 Å². The minimum Gasteiger partial charge on any atom is -0.508 e. The number of phenols is 1. The lowest BCUT2D eigenvalue weighted by Gasteiger charge is -2.26. The predicted octanol–water partition coefficient (Wildman–Crippen LogP) is 2.92. The fraction of sp³-hybridized carbons (Fsp3) is 0.118. The van der Waals surface area contributed by atoms with E-state index in [0.717, 1.165) is 16.7 Å². The minimum atomic E-state index is -0.278. The van der Waals surface area contributed by atoms with Gasteiger partial charge < -0.3 is 15.6 Å². The van der Waals surface area contributed by atoms with E-state index in [0.29, 0.717) is 11.3 Å². The van der Waals surface area contributed by atoms with Gasteiger partial charge in [0.2, 0.25) is 5.88 Å². The Morgan fingerprint density at radius 2 is 1.90 bits per heavy atom. The average Bonchev–Trinajstić information content (AvgIpc) is 2.46. The third-order valence-electron chi connectivity index (χ3n) is 3.61. The third-order valence-corrected chi connectivity index (χ3v) is 3.61. The van der Waals surface area contributed by atoms with Gasteiger partial charge in [-0.1, -0.05) is 35.9 Å². The molecule has 1 atom stereocenters. The van der Waals surface area contributed by atoms with Gasteiger partial charge in [0.1, 0.15) is 23.1 Å². The Balaban J connectivity index is 2.21. The van der Waals surface area contributed by atoms with Crippen LogP contribution >= 0.6 is 0 Å². The summed E-state index contributed by atoms with van der Waals surface area (Å²) in [6.45, 7) is 2.01. The molecule has 0 radical (unpaired) electrons. The van der Waals surface area contributed by atoms with Crippen molar-refractivity contribution in [3.63, 3.8) is 0 Å². The Labute approximate surface area is 122 Å². The number of nitrogens with zero attached hydrogens (tertiary/aromatic N) is 1. The molecule has 1 heterocycles. The van der Waals surface area contributed by atoms with Gasteiger partial charge in [-0.05, 0) is 18.6 Å². The summed E-state index contributed by atoms with van der Waals surface area (Å²) in [5.41, 5.74) is 9.19. The highest BCUT2D eigenvalue weighted by Crippen LogP contribution is 2.43. The molecule has 0 amide bonds. The molecular weight excluding hydrogens is 264 g/mol. The number of rotatable bonds is 1. The van der Waals surface area contributed by atoms with Gasteiger partial charge in [0.15, 0.2) is 0 Å². The summed E-state index contributed by atoms with van der Waals surface area (Å²) in [4.78, 5) is 0. The molecule has 3 rings (SSSR count). The van der Waals surface area contributed by atoms with Crippen molar-refractivity contribution in [1.29, 1.82) is 5.26 Å². The zero-order chi connectivity index (χ0) is 15.0. The van der Waals surface area contributed by atoms with Crippen molar-refractivity contribution < 1.29 is 9.84 Å². The first-order valence-electron chi connectivity index (χ1n) is 6.57. The SMILES string of the molecule is Cc1ccc(C2C(C#N)=C(N)Oc3cc(O)ccc32)cc1. The van der Waals surface area contributed by atoms with Crippen LogP contribution in [-0.2, 0) is 0 Å². The topological polar surface area (TPSA) is 79.3 Å². The van der Waals surface area contributed by atoms with Crippen LogP contribution in [0.5, 0.6) is 11.5 Å². The number of aromatic hydroxyl groups is 1. The van der Waals surface area contributed by atoms with Crippen molar-refractivity contribution in [2.45, 2.75) is 12.8 Å². The molecule has 0 saturated heterocycles. The van der Waals surface area contributed by atoms with Crippen LogP contribution in [-0.4, -0.2) is 5.11 Å². The van der Waals surface area contributed by atoms with Crippen LogP contribution < -0.4 is 10.5 Å². The predicted molar refractivity (Wildman–Crippen MR) is 78.6 cm³/mol. The largest absolute Gasteiger partial charge is 0.508 e. The number of nitrogens with two attached hydrogens (primary N) is 1. The van der Waals surface area contributed by atoms with Gasteiger partial charge in [0.25, 0.3) is 0 Å². The first kappa shape index (κ1) is 13.1. The second kappa shape index (κ2) is 4.88. The normalized spacial score (nSPS) is 16.9. The summed E-state index contributed by atoms with van der Waals surface area (Å²) in [6.07, 6.45) is 0. The van der Waals surface area contributed by atoms with E-state index in [1.54, 1.807) is 12.1 Å². The number of hydrogen-bond acceptors (Lipinski definition) is 4. The van der Waals surface area contributed by atoms with Crippen LogP contribution in [0.1, 0.15) is 22.6 Å². The molecule has 4 nitrogen and oxygen atoms in total. The lowest BCUT2D eigenvalue weighted by molar-refractivity contribution is 0.388. The number of nitriles is 1. The van der Waals surface area contributed by atoms with Crippen LogP contribution in [0.3, 0.4) is 0 Å². The second-order valence-corrected chi connectivity index (χ2v) is 5.06. The van der Waals surface area contributed by atoms with Crippen molar-refractivity contribution in [3.8, 4) is 17.6 Å². The van der Waals surface area contributed by atoms with E-state index in [4.69, 9.17) is 10.5 Å². The summed E-state index contributed by atoms with van der Waals surface area (Å²) in [5, 5.41) is 19.0. The summed E-state index contributed by atoms with van der Waals surface area (Å²) >= 11 is 0. The van der Waals surface area contributed by atoms with E-state index in [1.807, 2.05) is 31.2 Å². The van der Waals surface area contributed by atoms with Gasteiger partial charge in [-0.25, -0.2) is 0 Å². The fourth-order valence-corrected chi connectivity index (χ4v) is 2.55. The Bertz CT molecular complexity index is 770. The third kappa shape index (κ3) is 2.19. The maximum Gasteiger partial charge on any atom is 0.205 e. The van der Waals surface area contributed by atoms with Gasteiger partial charge in [-0.3, -0.25) is 0 Å². The molecule has 104 valence electrons. The van der Waals surface area contributed by atoms with Crippen molar-refractivity contribution in [2.24, 2.45) is 5.73 Å². The quantitative estimate of drug-likeness (QED) is 0.840. The molecule has 3 N–H and O–H groups in total. The Morgan fingerprint density at radius 1 is 1.19 bits per heavy atom. The average molecular weight is 278 g/mol. The molecule has 0 spiro atoms. The van der Waals surface area contributed by atoms with Crippen LogP contribution in [0.15, 0.2) is 53.9 Å². The smallest absolute Gasteiger partial charge is 0.205 e. The number of benzene rings is 2. The van der Waals surface area contributed by atoms with E-state index >= 15 is 0 Å². The number of aryl methyl sites for hydroxylation is 1. The minimum absolute atomic E-state index is 0.0844. The molecule has 2 aromatic carbocycles. The number of ether oxygens (including phenoxy) is 1. The highest BCUT2D eigenvalue weighted by molar-refractivity contribution is 5.57. The van der Waals surface area contributed by atoms with Crippen LogP contribution in [0.4, 0.5) is 0 Å². The van der Waals surface area contributed by atoms with Crippen molar-refractivity contribution in [1.82, 2.24) is 0 Å². The van der Waals surface area contributed by atoms with Gasteiger partial charge in [0, 0.05) is 11.6 Å². The van der Waals surface area contributed by atoms with Crippen LogP contribution in [0, 0.1) is 18.3 Å². The maximum atomic E-state index is 9.59. The first-order valence-corrected chi connectivity index (χ1v) is 6.57. The van der Waals surface area contributed by atoms with Crippen molar-refractivity contribution >= 4 is 0 Å². The Hall–Kier alpha value is -2.93. The summed E-state index contributed by atoms with van der Waals surface area (Å²) < 4.78 is 5.47. The molecule has 4 heteroatoms. The molecule has 0 bridgehead atoms. The molecule has 2 aromatic rings. The van der Waals surface area contributed by atoms with Crippen LogP contribution in [0.2, 0.25) is 0 Å². The summed E-state index contributed by atoms with van der Waals surface area (Å²) in [7, 11) is 0. The number of phenolic OH excluding ortho intramolecular Hbond substituents is 1. The van der Waals surface area contributed by atoms with Crippen molar-refractivity contribution in [2.75, 3.05) is 0 Å². The monoisotopic (exact) mass is 278 g/mol. The molecular formula is C17H14N2O2. The second-order valence-electron chi connectivity index (χ2n) is 5.06. The summed E-state index contributed by atoms with van der Waals surface area (Å²) in [5.74, 6) is 0.391. The fourth-order valence-electron chi connectivity index (χ4n) is 2.55. The van der Waals surface area contributed by atoms with Crippen LogP contribution in [0.25, 0.3) is 0 Å². The zero-order valence-corrected chi connectivity index (χ0v) is 11.5. The number of allylic oxidation sites excluding steroid dienone is 1. The number of hydrogen-bond donors (Lipinski definition) is 2. The van der Waals surface area contributed by atoms with Gasteiger partial charge in [-0.15, -0.1) is 0 Å². The standard InChI is InChI=1S/C17H14N2O2/c1-10-2-4-11(5-3-10)16-13-7-6-12(20)8-15(13)21-17(19)14(16)9-18/h2-8,16,20H,19H2,1H3. The van der Waals surface area contributed by atoms with Gasteiger partial charge in [0.05, 0.1) is 5.92 Å². The number of fused-ring (bicyclic) bond motifs is 1. The molecule has 0 fully saturated rings. The molecule has 1 aliphatic heterocycles. The molecule has 1 unspecified atom stereocenters. The van der Waals surface area contributed by atoms with Crippen molar-refractivity contribution in [3.05, 3.63) is 70.6 Å². The highest BCUT2D eigenvalue weighted by atomic mass is 16.5. The Morgan fingerprint density at radius 3 is 2.57 bits per heavy atom. The lowest BCUT2D eigenvalue weighted by atomic mass is 9.83. The Kier molecular flexibility index (Phi) is 3.03. The first-order chi connectivity index (χ1) is 10.1. The molecule has 21 heavy (non-hydrogen) atoms. The molecule has 0 aliphatic carbocycles. The summed E-state index contributed by atoms with van der Waals surface area (Å²) in [6, 6.07) is 14.9. The van der Waals surface area contributed by atoms with E-state index in [-0.39, 0.29) is 17.6 Å². The molecule has 1 aliphatic rings. The lowest BCUT2D eigenvalue weighted by Crippen LogP contribution is -2.20. The van der Waals surface area contributed by atoms with E-state index in [2.05, 4.69) is 6.07 Å². The zero-order valence-electron chi connectivity index (χ0n) is 11.5. The van der Waals surface area contributed by atoms with E-state index < -0.39 is 0 Å². The van der Waals surface area contributed by atoms with E-state index in [9.17, 15) is 10.4 Å².